The van der Waals surface area contributed by atoms with Gasteiger partial charge in [0.25, 0.3) is 0 Å². The van der Waals surface area contributed by atoms with E-state index in [1.165, 1.54) is 4.31 Å². The summed E-state index contributed by atoms with van der Waals surface area (Å²) in [6.07, 6.45) is 4.94. The Kier molecular flexibility index (Phi) is 4.20. The molecule has 2 rings (SSSR count). The molecule has 110 valence electrons. The summed E-state index contributed by atoms with van der Waals surface area (Å²) in [7, 11) is -3.21. The average Bonchev–Trinajstić information content (AvgIpc) is 2.93. The van der Waals surface area contributed by atoms with Gasteiger partial charge in [-0.2, -0.15) is 0 Å². The third-order valence-corrected chi connectivity index (χ3v) is 7.29. The van der Waals surface area contributed by atoms with Crippen molar-refractivity contribution < 1.29 is 18.3 Å². The van der Waals surface area contributed by atoms with E-state index in [0.29, 0.717) is 32.4 Å². The number of hydrogen-bond acceptors (Lipinski definition) is 3. The number of aliphatic carboxylic acids is 1. The molecule has 5 nitrogen and oxygen atoms in total. The smallest absolute Gasteiger partial charge is 0.309 e. The Morgan fingerprint density at radius 2 is 1.79 bits per heavy atom. The van der Waals surface area contributed by atoms with Gasteiger partial charge in [0.15, 0.2) is 0 Å². The molecule has 1 aliphatic heterocycles. The molecule has 0 amide bonds. The minimum absolute atomic E-state index is 0.230. The molecule has 0 bridgehead atoms. The van der Waals surface area contributed by atoms with E-state index in [0.717, 1.165) is 25.7 Å². The summed E-state index contributed by atoms with van der Waals surface area (Å²) in [5.41, 5.74) is -0.721. The van der Waals surface area contributed by atoms with Crippen LogP contribution in [-0.4, -0.2) is 42.1 Å². The number of sulfonamides is 1. The molecule has 0 aromatic rings. The molecule has 1 N–H and O–H groups in total. The summed E-state index contributed by atoms with van der Waals surface area (Å²) in [4.78, 5) is 11.4. The largest absolute Gasteiger partial charge is 0.481 e. The minimum Gasteiger partial charge on any atom is -0.481 e. The van der Waals surface area contributed by atoms with Gasteiger partial charge in [-0.15, -0.1) is 0 Å². The van der Waals surface area contributed by atoms with Gasteiger partial charge in [-0.3, -0.25) is 4.79 Å². The maximum Gasteiger partial charge on any atom is 0.309 e. The van der Waals surface area contributed by atoms with Crippen molar-refractivity contribution in [1.29, 1.82) is 0 Å². The molecule has 1 saturated heterocycles. The number of piperidine rings is 1. The maximum atomic E-state index is 12.4. The molecule has 0 atom stereocenters. The van der Waals surface area contributed by atoms with Crippen molar-refractivity contribution in [3.05, 3.63) is 0 Å². The SMILES string of the molecule is CCC1(C(=O)O)CCN(S(=O)(=O)C2CCCC2)CC1. The van der Waals surface area contributed by atoms with E-state index in [2.05, 4.69) is 0 Å². The monoisotopic (exact) mass is 289 g/mol. The van der Waals surface area contributed by atoms with Crippen molar-refractivity contribution in [2.45, 2.75) is 57.1 Å². The highest BCUT2D eigenvalue weighted by atomic mass is 32.2. The van der Waals surface area contributed by atoms with Crippen molar-refractivity contribution >= 4 is 16.0 Å². The van der Waals surface area contributed by atoms with Gasteiger partial charge in [0, 0.05) is 13.1 Å². The van der Waals surface area contributed by atoms with E-state index < -0.39 is 21.4 Å². The van der Waals surface area contributed by atoms with Crippen molar-refractivity contribution in [2.75, 3.05) is 13.1 Å². The van der Waals surface area contributed by atoms with E-state index in [-0.39, 0.29) is 5.25 Å². The predicted molar refractivity (Wildman–Crippen MR) is 72.3 cm³/mol. The third-order valence-electron chi connectivity index (χ3n) is 4.89. The normalized spacial score (nSPS) is 25.5. The molecule has 0 spiro atoms. The molecular weight excluding hydrogens is 266 g/mol. The Balaban J connectivity index is 2.05. The molecule has 0 aromatic carbocycles. The highest BCUT2D eigenvalue weighted by Crippen LogP contribution is 2.37. The first-order valence-electron chi connectivity index (χ1n) is 7.15. The van der Waals surface area contributed by atoms with E-state index in [9.17, 15) is 18.3 Å². The second kappa shape index (κ2) is 5.40. The van der Waals surface area contributed by atoms with E-state index >= 15 is 0 Å². The van der Waals surface area contributed by atoms with Crippen LogP contribution in [0.4, 0.5) is 0 Å². The molecule has 1 saturated carbocycles. The Labute approximate surface area is 115 Å². The zero-order valence-corrected chi connectivity index (χ0v) is 12.3. The predicted octanol–water partition coefficient (Wildman–Crippen LogP) is 1.84. The Morgan fingerprint density at radius 1 is 1.26 bits per heavy atom. The van der Waals surface area contributed by atoms with Gasteiger partial charge in [0.2, 0.25) is 10.0 Å². The van der Waals surface area contributed by atoms with Gasteiger partial charge in [-0.25, -0.2) is 12.7 Å². The summed E-state index contributed by atoms with van der Waals surface area (Å²) >= 11 is 0. The number of carboxylic acid groups (broad SMARTS) is 1. The van der Waals surface area contributed by atoms with E-state index in [1.54, 1.807) is 0 Å². The van der Waals surface area contributed by atoms with Crippen LogP contribution in [-0.2, 0) is 14.8 Å². The minimum atomic E-state index is -3.21. The van der Waals surface area contributed by atoms with Crippen LogP contribution in [0.5, 0.6) is 0 Å². The lowest BCUT2D eigenvalue weighted by Gasteiger charge is -2.38. The van der Waals surface area contributed by atoms with Gasteiger partial charge < -0.3 is 5.11 Å². The lowest BCUT2D eigenvalue weighted by Crippen LogP contribution is -2.48. The van der Waals surface area contributed by atoms with Gasteiger partial charge in [-0.1, -0.05) is 19.8 Å². The van der Waals surface area contributed by atoms with E-state index in [4.69, 9.17) is 0 Å². The summed E-state index contributed by atoms with van der Waals surface area (Å²) in [5.74, 6) is -0.784. The Morgan fingerprint density at radius 3 is 2.21 bits per heavy atom. The van der Waals surface area contributed by atoms with Crippen molar-refractivity contribution in [3.63, 3.8) is 0 Å². The molecule has 0 unspecified atom stereocenters. The first-order valence-corrected chi connectivity index (χ1v) is 8.65. The third kappa shape index (κ3) is 2.65. The summed E-state index contributed by atoms with van der Waals surface area (Å²) < 4.78 is 26.4. The topological polar surface area (TPSA) is 74.7 Å². The van der Waals surface area contributed by atoms with Crippen LogP contribution in [0.1, 0.15) is 51.9 Å². The summed E-state index contributed by atoms with van der Waals surface area (Å²) in [6, 6.07) is 0. The van der Waals surface area contributed by atoms with Crippen molar-refractivity contribution in [3.8, 4) is 0 Å². The molecule has 0 radical (unpaired) electrons. The quantitative estimate of drug-likeness (QED) is 0.857. The standard InChI is InChI=1S/C13H23NO4S/c1-2-13(12(15)16)7-9-14(10-8-13)19(17,18)11-5-3-4-6-11/h11H,2-10H2,1H3,(H,15,16). The fourth-order valence-electron chi connectivity index (χ4n) is 3.28. The van der Waals surface area contributed by atoms with Crippen LogP contribution in [0.25, 0.3) is 0 Å². The van der Waals surface area contributed by atoms with Crippen LogP contribution in [0.15, 0.2) is 0 Å². The van der Waals surface area contributed by atoms with Gasteiger partial charge >= 0.3 is 5.97 Å². The molecule has 1 aliphatic carbocycles. The molecule has 6 heteroatoms. The first kappa shape index (κ1) is 14.8. The zero-order valence-electron chi connectivity index (χ0n) is 11.5. The number of carbonyl (C=O) groups is 1. The van der Waals surface area contributed by atoms with Gasteiger partial charge in [-0.05, 0) is 32.1 Å². The van der Waals surface area contributed by atoms with Crippen LogP contribution >= 0.6 is 0 Å². The number of carboxylic acids is 1. The summed E-state index contributed by atoms with van der Waals surface area (Å²) in [6.45, 7) is 2.59. The van der Waals surface area contributed by atoms with Crippen molar-refractivity contribution in [2.24, 2.45) is 5.41 Å². The van der Waals surface area contributed by atoms with Crippen LogP contribution < -0.4 is 0 Å². The molecule has 1 heterocycles. The second-order valence-corrected chi connectivity index (χ2v) is 8.00. The van der Waals surface area contributed by atoms with Crippen LogP contribution in [0.2, 0.25) is 0 Å². The fourth-order valence-corrected chi connectivity index (χ4v) is 5.33. The summed E-state index contributed by atoms with van der Waals surface area (Å²) in [5, 5.41) is 9.09. The highest BCUT2D eigenvalue weighted by Gasteiger charge is 2.44. The lowest BCUT2D eigenvalue weighted by molar-refractivity contribution is -0.151. The van der Waals surface area contributed by atoms with Gasteiger partial charge in [0.1, 0.15) is 0 Å². The zero-order chi connectivity index (χ0) is 14.1. The average molecular weight is 289 g/mol. The van der Waals surface area contributed by atoms with Crippen LogP contribution in [0, 0.1) is 5.41 Å². The van der Waals surface area contributed by atoms with E-state index in [1.807, 2.05) is 6.92 Å². The lowest BCUT2D eigenvalue weighted by atomic mass is 9.77. The first-order chi connectivity index (χ1) is 8.92. The number of nitrogens with zero attached hydrogens (tertiary/aromatic N) is 1. The van der Waals surface area contributed by atoms with Crippen molar-refractivity contribution in [1.82, 2.24) is 4.31 Å². The molecule has 19 heavy (non-hydrogen) atoms. The number of rotatable bonds is 4. The molecule has 2 fully saturated rings. The molecule has 2 aliphatic rings. The van der Waals surface area contributed by atoms with Crippen LogP contribution in [0.3, 0.4) is 0 Å². The molecular formula is C13H23NO4S. The maximum absolute atomic E-state index is 12.4. The Hall–Kier alpha value is -0.620. The highest BCUT2D eigenvalue weighted by molar-refractivity contribution is 7.89. The number of hydrogen-bond donors (Lipinski definition) is 1. The fraction of sp³-hybridized carbons (Fsp3) is 0.923. The van der Waals surface area contributed by atoms with Gasteiger partial charge in [0.05, 0.1) is 10.7 Å². The second-order valence-electron chi connectivity index (χ2n) is 5.79. The molecule has 0 aromatic heterocycles. The Bertz CT molecular complexity index is 432.